The molecule has 1 aliphatic heterocycles. The average Bonchev–Trinajstić information content (AvgIpc) is 3.09. The third kappa shape index (κ3) is 6.06. The number of nitrogens with zero attached hydrogens (tertiary/aromatic N) is 2. The summed E-state index contributed by atoms with van der Waals surface area (Å²) in [6, 6.07) is 11.9. The van der Waals surface area contributed by atoms with Gasteiger partial charge in [-0.1, -0.05) is 42.6 Å². The molecule has 1 fully saturated rings. The zero-order valence-corrected chi connectivity index (χ0v) is 21.0. The standard InChI is InChI=1S/C24H32ClN3O4S/c1-27(2)21(19-10-6-7-11-22(19)32-3)17-26-24(29)18-12-13-20(25)23(16-18)33(30,31)28-14-8-4-5-9-15-28/h6-7,10-13,16,21H,4-5,8-9,14-15,17H2,1-3H3,(H,26,29). The van der Waals surface area contributed by atoms with Crippen molar-refractivity contribution in [3.8, 4) is 5.75 Å². The Bertz CT molecular complexity index is 1070. The number of benzene rings is 2. The largest absolute Gasteiger partial charge is 0.496 e. The number of hydrogen-bond donors (Lipinski definition) is 1. The van der Waals surface area contributed by atoms with Crippen LogP contribution in [0, 0.1) is 0 Å². The molecular formula is C24H32ClN3O4S. The van der Waals surface area contributed by atoms with E-state index in [4.69, 9.17) is 16.3 Å². The zero-order valence-electron chi connectivity index (χ0n) is 19.4. The summed E-state index contributed by atoms with van der Waals surface area (Å²) in [7, 11) is 1.70. The van der Waals surface area contributed by atoms with E-state index >= 15 is 0 Å². The minimum Gasteiger partial charge on any atom is -0.496 e. The Morgan fingerprint density at radius 1 is 1.12 bits per heavy atom. The second kappa shape index (κ2) is 11.3. The summed E-state index contributed by atoms with van der Waals surface area (Å²) >= 11 is 6.27. The molecular weight excluding hydrogens is 462 g/mol. The Morgan fingerprint density at radius 2 is 1.79 bits per heavy atom. The second-order valence-electron chi connectivity index (χ2n) is 8.39. The van der Waals surface area contributed by atoms with Gasteiger partial charge >= 0.3 is 0 Å². The molecule has 1 amide bonds. The molecule has 0 aliphatic carbocycles. The first-order valence-electron chi connectivity index (χ1n) is 11.1. The van der Waals surface area contributed by atoms with Gasteiger partial charge < -0.3 is 15.0 Å². The molecule has 33 heavy (non-hydrogen) atoms. The van der Waals surface area contributed by atoms with Gasteiger partial charge in [-0.25, -0.2) is 8.42 Å². The van der Waals surface area contributed by atoms with Crippen LogP contribution in [-0.4, -0.2) is 64.4 Å². The molecule has 1 N–H and O–H groups in total. The minimum absolute atomic E-state index is 0.0207. The number of rotatable bonds is 8. The second-order valence-corrected chi connectivity index (χ2v) is 10.7. The lowest BCUT2D eigenvalue weighted by molar-refractivity contribution is 0.0941. The fourth-order valence-electron chi connectivity index (χ4n) is 4.07. The van der Waals surface area contributed by atoms with Crippen LogP contribution >= 0.6 is 11.6 Å². The third-order valence-electron chi connectivity index (χ3n) is 5.95. The Morgan fingerprint density at radius 3 is 2.42 bits per heavy atom. The molecule has 0 saturated carbocycles. The van der Waals surface area contributed by atoms with Gasteiger partial charge in [0.15, 0.2) is 0 Å². The van der Waals surface area contributed by atoms with E-state index in [2.05, 4.69) is 5.32 Å². The van der Waals surface area contributed by atoms with Crippen molar-refractivity contribution in [1.82, 2.24) is 14.5 Å². The van der Waals surface area contributed by atoms with E-state index in [1.165, 1.54) is 16.4 Å². The third-order valence-corrected chi connectivity index (χ3v) is 8.33. The van der Waals surface area contributed by atoms with Crippen LogP contribution in [0.4, 0.5) is 0 Å². The van der Waals surface area contributed by atoms with Gasteiger partial charge in [-0.05, 0) is 51.2 Å². The molecule has 1 heterocycles. The maximum atomic E-state index is 13.2. The number of sulfonamides is 1. The molecule has 2 aromatic rings. The van der Waals surface area contributed by atoms with Gasteiger partial charge in [0.05, 0.1) is 18.2 Å². The maximum absolute atomic E-state index is 13.2. The Balaban J connectivity index is 1.80. The molecule has 7 nitrogen and oxygen atoms in total. The van der Waals surface area contributed by atoms with Gasteiger partial charge in [0.25, 0.3) is 5.91 Å². The first kappa shape index (κ1) is 25.5. The predicted octanol–water partition coefficient (Wildman–Crippen LogP) is 3.95. The van der Waals surface area contributed by atoms with Crippen molar-refractivity contribution in [1.29, 1.82) is 0 Å². The molecule has 0 aromatic heterocycles. The van der Waals surface area contributed by atoms with Crippen LogP contribution in [-0.2, 0) is 10.0 Å². The number of halogens is 1. The molecule has 180 valence electrons. The molecule has 1 atom stereocenters. The number of para-hydroxylation sites is 1. The van der Waals surface area contributed by atoms with Crippen LogP contribution in [0.2, 0.25) is 5.02 Å². The number of nitrogens with one attached hydrogen (secondary N) is 1. The van der Waals surface area contributed by atoms with Crippen LogP contribution in [0.5, 0.6) is 5.75 Å². The Kier molecular flexibility index (Phi) is 8.75. The molecule has 0 bridgehead atoms. The van der Waals surface area contributed by atoms with Crippen LogP contribution in [0.15, 0.2) is 47.4 Å². The normalized spacial score (nSPS) is 16.3. The molecule has 0 radical (unpaired) electrons. The number of carbonyl (C=O) groups is 1. The number of ether oxygens (including phenoxy) is 1. The highest BCUT2D eigenvalue weighted by atomic mass is 35.5. The van der Waals surface area contributed by atoms with Crippen LogP contribution in [0.1, 0.15) is 47.6 Å². The Hall–Kier alpha value is -2.13. The minimum atomic E-state index is -3.77. The SMILES string of the molecule is COc1ccccc1C(CNC(=O)c1ccc(Cl)c(S(=O)(=O)N2CCCCCC2)c1)N(C)C. The van der Waals surface area contributed by atoms with Gasteiger partial charge in [-0.15, -0.1) is 0 Å². The summed E-state index contributed by atoms with van der Waals surface area (Å²) in [5.41, 5.74) is 1.20. The smallest absolute Gasteiger partial charge is 0.251 e. The maximum Gasteiger partial charge on any atom is 0.251 e. The summed E-state index contributed by atoms with van der Waals surface area (Å²) in [5.74, 6) is 0.378. The molecule has 1 unspecified atom stereocenters. The molecule has 9 heteroatoms. The highest BCUT2D eigenvalue weighted by molar-refractivity contribution is 7.89. The summed E-state index contributed by atoms with van der Waals surface area (Å²) in [5, 5.41) is 3.05. The van der Waals surface area contributed by atoms with Gasteiger partial charge in [0.2, 0.25) is 10.0 Å². The first-order valence-corrected chi connectivity index (χ1v) is 12.9. The van der Waals surface area contributed by atoms with Crippen molar-refractivity contribution in [2.75, 3.05) is 40.8 Å². The van der Waals surface area contributed by atoms with Crippen LogP contribution in [0.25, 0.3) is 0 Å². The van der Waals surface area contributed by atoms with Crippen molar-refractivity contribution in [2.45, 2.75) is 36.6 Å². The lowest BCUT2D eigenvalue weighted by Gasteiger charge is -2.26. The summed E-state index contributed by atoms with van der Waals surface area (Å²) in [6.07, 6.45) is 3.68. The van der Waals surface area contributed by atoms with Crippen molar-refractivity contribution in [2.24, 2.45) is 0 Å². The van der Waals surface area contributed by atoms with Crippen LogP contribution in [0.3, 0.4) is 0 Å². The molecule has 2 aromatic carbocycles. The van der Waals surface area contributed by atoms with E-state index in [-0.39, 0.29) is 27.4 Å². The van der Waals surface area contributed by atoms with E-state index < -0.39 is 10.0 Å². The summed E-state index contributed by atoms with van der Waals surface area (Å²) in [6.45, 7) is 1.26. The van der Waals surface area contributed by atoms with E-state index in [0.29, 0.717) is 19.6 Å². The van der Waals surface area contributed by atoms with E-state index in [9.17, 15) is 13.2 Å². The molecule has 1 saturated heterocycles. The summed E-state index contributed by atoms with van der Waals surface area (Å²) in [4.78, 5) is 14.9. The first-order chi connectivity index (χ1) is 15.8. The predicted molar refractivity (Wildman–Crippen MR) is 130 cm³/mol. The highest BCUT2D eigenvalue weighted by Gasteiger charge is 2.28. The van der Waals surface area contributed by atoms with Crippen molar-refractivity contribution in [3.63, 3.8) is 0 Å². The Labute approximate surface area is 201 Å². The number of methoxy groups -OCH3 is 1. The van der Waals surface area contributed by atoms with E-state index in [1.807, 2.05) is 43.3 Å². The fraction of sp³-hybridized carbons (Fsp3) is 0.458. The van der Waals surface area contributed by atoms with Crippen molar-refractivity contribution >= 4 is 27.5 Å². The van der Waals surface area contributed by atoms with E-state index in [1.54, 1.807) is 13.2 Å². The number of likely N-dealkylation sites (N-methyl/N-ethyl adjacent to an activating group) is 1. The van der Waals surface area contributed by atoms with Gasteiger partial charge in [-0.3, -0.25) is 4.79 Å². The number of hydrogen-bond acceptors (Lipinski definition) is 5. The molecule has 1 aliphatic rings. The number of amides is 1. The quantitative estimate of drug-likeness (QED) is 0.602. The fourth-order valence-corrected chi connectivity index (χ4v) is 6.08. The zero-order chi connectivity index (χ0) is 24.0. The monoisotopic (exact) mass is 493 g/mol. The lowest BCUT2D eigenvalue weighted by atomic mass is 10.0. The lowest BCUT2D eigenvalue weighted by Crippen LogP contribution is -2.35. The highest BCUT2D eigenvalue weighted by Crippen LogP contribution is 2.29. The van der Waals surface area contributed by atoms with Gasteiger partial charge in [0, 0.05) is 30.8 Å². The van der Waals surface area contributed by atoms with E-state index in [0.717, 1.165) is 37.0 Å². The van der Waals surface area contributed by atoms with Gasteiger partial charge in [-0.2, -0.15) is 4.31 Å². The van der Waals surface area contributed by atoms with Gasteiger partial charge in [0.1, 0.15) is 10.6 Å². The van der Waals surface area contributed by atoms with Crippen molar-refractivity contribution in [3.05, 3.63) is 58.6 Å². The average molecular weight is 494 g/mol. The molecule has 0 spiro atoms. The molecule has 3 rings (SSSR count). The number of carbonyl (C=O) groups excluding carboxylic acids is 1. The van der Waals surface area contributed by atoms with Crippen molar-refractivity contribution < 1.29 is 17.9 Å². The topological polar surface area (TPSA) is 78.9 Å². The van der Waals surface area contributed by atoms with Crippen LogP contribution < -0.4 is 10.1 Å². The summed E-state index contributed by atoms with van der Waals surface area (Å²) < 4.78 is 33.4.